The second-order valence-electron chi connectivity index (χ2n) is 8.39. The lowest BCUT2D eigenvalue weighted by Gasteiger charge is -2.31. The molecule has 0 bridgehead atoms. The van der Waals surface area contributed by atoms with Crippen molar-refractivity contribution in [3.05, 3.63) is 59.4 Å². The molecule has 4 nitrogen and oxygen atoms in total. The Kier molecular flexibility index (Phi) is 6.71. The monoisotopic (exact) mass is 379 g/mol. The standard InChI is InChI=1S/C24H33N3O/c1-17(2)20-9-8-10-21(18(3)4)23(20)26-24(28)27-16-7-5-6-11-22(27)19-12-14-25-15-13-19/h8-10,12-15,17-18,22H,5-7,11,16H2,1-4H3,(H,26,28). The van der Waals surface area contributed by atoms with Gasteiger partial charge in [0.25, 0.3) is 0 Å². The molecule has 3 rings (SSSR count). The number of rotatable bonds is 4. The highest BCUT2D eigenvalue weighted by molar-refractivity contribution is 5.91. The first-order valence-corrected chi connectivity index (χ1v) is 10.6. The maximum Gasteiger partial charge on any atom is 0.322 e. The molecule has 28 heavy (non-hydrogen) atoms. The number of hydrogen-bond donors (Lipinski definition) is 1. The Hall–Kier alpha value is -2.36. The van der Waals surface area contributed by atoms with E-state index in [1.807, 2.05) is 29.4 Å². The van der Waals surface area contributed by atoms with Gasteiger partial charge in [-0.25, -0.2) is 4.79 Å². The van der Waals surface area contributed by atoms with Crippen molar-refractivity contribution in [2.24, 2.45) is 0 Å². The lowest BCUT2D eigenvalue weighted by Crippen LogP contribution is -2.38. The minimum absolute atomic E-state index is 0.0127. The average molecular weight is 380 g/mol. The fraction of sp³-hybridized carbons (Fsp3) is 0.500. The van der Waals surface area contributed by atoms with Gasteiger partial charge in [-0.05, 0) is 53.5 Å². The van der Waals surface area contributed by atoms with Gasteiger partial charge in [0, 0.05) is 24.6 Å². The summed E-state index contributed by atoms with van der Waals surface area (Å²) in [6.07, 6.45) is 8.02. The third kappa shape index (κ3) is 4.54. The summed E-state index contributed by atoms with van der Waals surface area (Å²) in [4.78, 5) is 19.6. The van der Waals surface area contributed by atoms with Gasteiger partial charge in [0.2, 0.25) is 0 Å². The first kappa shape index (κ1) is 20.4. The third-order valence-electron chi connectivity index (χ3n) is 5.71. The highest BCUT2D eigenvalue weighted by Crippen LogP contribution is 2.34. The molecule has 1 unspecified atom stereocenters. The lowest BCUT2D eigenvalue weighted by molar-refractivity contribution is 0.189. The maximum atomic E-state index is 13.5. The van der Waals surface area contributed by atoms with E-state index in [1.54, 1.807) is 0 Å². The number of benzene rings is 1. The number of urea groups is 1. The van der Waals surface area contributed by atoms with Gasteiger partial charge in [0.15, 0.2) is 0 Å². The van der Waals surface area contributed by atoms with Crippen molar-refractivity contribution in [1.82, 2.24) is 9.88 Å². The molecule has 1 aromatic carbocycles. The van der Waals surface area contributed by atoms with Crippen LogP contribution in [0, 0.1) is 0 Å². The zero-order chi connectivity index (χ0) is 20.1. The van der Waals surface area contributed by atoms with Gasteiger partial charge in [-0.15, -0.1) is 0 Å². The molecule has 4 heteroatoms. The van der Waals surface area contributed by atoms with Crippen molar-refractivity contribution in [3.63, 3.8) is 0 Å². The van der Waals surface area contributed by atoms with Gasteiger partial charge in [0.05, 0.1) is 6.04 Å². The van der Waals surface area contributed by atoms with Crippen LogP contribution in [0.1, 0.15) is 87.9 Å². The van der Waals surface area contributed by atoms with Crippen molar-refractivity contribution in [2.45, 2.75) is 71.3 Å². The number of likely N-dealkylation sites (tertiary alicyclic amines) is 1. The van der Waals surface area contributed by atoms with E-state index in [4.69, 9.17) is 0 Å². The van der Waals surface area contributed by atoms with Crippen LogP contribution in [0.3, 0.4) is 0 Å². The number of carbonyl (C=O) groups excluding carboxylic acids is 1. The predicted octanol–water partition coefficient (Wildman–Crippen LogP) is 6.48. The molecule has 0 spiro atoms. The largest absolute Gasteiger partial charge is 0.322 e. The smallest absolute Gasteiger partial charge is 0.317 e. The van der Waals surface area contributed by atoms with Crippen LogP contribution in [0.15, 0.2) is 42.7 Å². The molecular weight excluding hydrogens is 346 g/mol. The Morgan fingerprint density at radius 2 is 1.64 bits per heavy atom. The van der Waals surface area contributed by atoms with Crippen molar-refractivity contribution >= 4 is 11.7 Å². The van der Waals surface area contributed by atoms with E-state index in [0.29, 0.717) is 11.8 Å². The van der Waals surface area contributed by atoms with Crippen LogP contribution in [0.25, 0.3) is 0 Å². The average Bonchev–Trinajstić information content (AvgIpc) is 2.94. The fourth-order valence-electron chi connectivity index (χ4n) is 4.16. The molecule has 1 aromatic heterocycles. The molecule has 150 valence electrons. The van der Waals surface area contributed by atoms with Crippen molar-refractivity contribution in [2.75, 3.05) is 11.9 Å². The van der Waals surface area contributed by atoms with Crippen LogP contribution in [0.4, 0.5) is 10.5 Å². The number of pyridine rings is 1. The Morgan fingerprint density at radius 3 is 2.25 bits per heavy atom. The van der Waals surface area contributed by atoms with Gasteiger partial charge >= 0.3 is 6.03 Å². The summed E-state index contributed by atoms with van der Waals surface area (Å²) in [5, 5.41) is 3.31. The number of nitrogens with one attached hydrogen (secondary N) is 1. The van der Waals surface area contributed by atoms with E-state index in [-0.39, 0.29) is 12.1 Å². The molecular formula is C24H33N3O. The Labute approximate surface area is 169 Å². The minimum atomic E-state index is 0.0127. The number of para-hydroxylation sites is 1. The molecule has 0 radical (unpaired) electrons. The molecule has 2 heterocycles. The van der Waals surface area contributed by atoms with Crippen molar-refractivity contribution < 1.29 is 4.79 Å². The topological polar surface area (TPSA) is 45.2 Å². The fourth-order valence-corrected chi connectivity index (χ4v) is 4.16. The zero-order valence-electron chi connectivity index (χ0n) is 17.6. The van der Waals surface area contributed by atoms with Gasteiger partial charge in [0.1, 0.15) is 0 Å². The Balaban J connectivity index is 1.92. The van der Waals surface area contributed by atoms with Gasteiger partial charge < -0.3 is 10.2 Å². The first-order chi connectivity index (χ1) is 13.5. The minimum Gasteiger partial charge on any atom is -0.317 e. The number of hydrogen-bond acceptors (Lipinski definition) is 2. The van der Waals surface area contributed by atoms with E-state index in [1.165, 1.54) is 23.1 Å². The Bertz CT molecular complexity index is 759. The highest BCUT2D eigenvalue weighted by Gasteiger charge is 2.28. The quantitative estimate of drug-likeness (QED) is 0.661. The maximum absolute atomic E-state index is 13.5. The number of nitrogens with zero attached hydrogens (tertiary/aromatic N) is 2. The summed E-state index contributed by atoms with van der Waals surface area (Å²) >= 11 is 0. The van der Waals surface area contributed by atoms with E-state index in [9.17, 15) is 4.79 Å². The molecule has 0 aliphatic carbocycles. The summed E-state index contributed by atoms with van der Waals surface area (Å²) in [7, 11) is 0. The summed E-state index contributed by atoms with van der Waals surface area (Å²) < 4.78 is 0. The molecule has 1 atom stereocenters. The van der Waals surface area contributed by atoms with E-state index in [0.717, 1.165) is 31.5 Å². The van der Waals surface area contributed by atoms with Crippen molar-refractivity contribution in [3.8, 4) is 0 Å². The Morgan fingerprint density at radius 1 is 1.00 bits per heavy atom. The predicted molar refractivity (Wildman–Crippen MR) is 116 cm³/mol. The van der Waals surface area contributed by atoms with E-state index >= 15 is 0 Å². The lowest BCUT2D eigenvalue weighted by atomic mass is 9.92. The molecule has 1 N–H and O–H groups in total. The summed E-state index contributed by atoms with van der Waals surface area (Å²) in [6, 6.07) is 10.6. The van der Waals surface area contributed by atoms with Gasteiger partial charge in [-0.1, -0.05) is 58.7 Å². The third-order valence-corrected chi connectivity index (χ3v) is 5.71. The van der Waals surface area contributed by atoms with Gasteiger partial charge in [-0.2, -0.15) is 0 Å². The SMILES string of the molecule is CC(C)c1cccc(C(C)C)c1NC(=O)N1CCCCCC1c1ccncc1. The van der Waals surface area contributed by atoms with Crippen LogP contribution in [-0.2, 0) is 0 Å². The second kappa shape index (κ2) is 9.22. The highest BCUT2D eigenvalue weighted by atomic mass is 16.2. The summed E-state index contributed by atoms with van der Waals surface area (Å²) in [5.74, 6) is 0.711. The summed E-state index contributed by atoms with van der Waals surface area (Å²) in [5.41, 5.74) is 4.58. The van der Waals surface area contributed by atoms with E-state index in [2.05, 4.69) is 56.2 Å². The number of anilines is 1. The van der Waals surface area contributed by atoms with Crippen LogP contribution < -0.4 is 5.32 Å². The molecule has 2 aromatic rings. The van der Waals surface area contributed by atoms with Crippen LogP contribution in [0.2, 0.25) is 0 Å². The molecule has 1 fully saturated rings. The molecule has 1 aliphatic heterocycles. The van der Waals surface area contributed by atoms with Gasteiger partial charge in [-0.3, -0.25) is 4.98 Å². The normalized spacial score (nSPS) is 17.6. The molecule has 1 aliphatic rings. The zero-order valence-corrected chi connectivity index (χ0v) is 17.6. The number of amides is 2. The van der Waals surface area contributed by atoms with Crippen molar-refractivity contribution in [1.29, 1.82) is 0 Å². The first-order valence-electron chi connectivity index (χ1n) is 10.6. The van der Waals surface area contributed by atoms with Crippen LogP contribution in [-0.4, -0.2) is 22.5 Å². The molecule has 0 saturated carbocycles. The number of carbonyl (C=O) groups is 1. The second-order valence-corrected chi connectivity index (χ2v) is 8.39. The van der Waals surface area contributed by atoms with E-state index < -0.39 is 0 Å². The van der Waals surface area contributed by atoms with Crippen LogP contribution in [0.5, 0.6) is 0 Å². The summed E-state index contributed by atoms with van der Waals surface area (Å²) in [6.45, 7) is 9.52. The molecule has 2 amide bonds. The number of aromatic nitrogens is 1. The van der Waals surface area contributed by atoms with Crippen LogP contribution >= 0.6 is 0 Å². The molecule has 1 saturated heterocycles.